The minimum Gasteiger partial charge on any atom is -0.335 e. The number of rotatable bonds is 4. The molecule has 1 amide bonds. The van der Waals surface area contributed by atoms with Crippen LogP contribution in [0, 0.1) is 0 Å². The number of likely N-dealkylation sites (N-methyl/N-ethyl adjacent to an activating group) is 1. The average molecular weight is 333 g/mol. The smallest absolute Gasteiger partial charge is 0.330 e. The van der Waals surface area contributed by atoms with E-state index in [0.717, 1.165) is 9.44 Å². The molecule has 0 aliphatic carbocycles. The van der Waals surface area contributed by atoms with Gasteiger partial charge < -0.3 is 9.47 Å². The Morgan fingerprint density at radius 1 is 1.35 bits per heavy atom. The first-order chi connectivity index (χ1) is 10.8. The summed E-state index contributed by atoms with van der Waals surface area (Å²) in [4.78, 5) is 38.6. The maximum Gasteiger partial charge on any atom is 0.330 e. The summed E-state index contributed by atoms with van der Waals surface area (Å²) in [5.41, 5.74) is -0.534. The Balaban J connectivity index is 2.22. The third-order valence-corrected chi connectivity index (χ3v) is 4.80. The second kappa shape index (κ2) is 6.78. The van der Waals surface area contributed by atoms with Crippen molar-refractivity contribution in [1.29, 1.82) is 0 Å². The van der Waals surface area contributed by atoms with Gasteiger partial charge in [0.1, 0.15) is 0 Å². The molecule has 23 heavy (non-hydrogen) atoms. The molecule has 0 radical (unpaired) electrons. The van der Waals surface area contributed by atoms with Crippen LogP contribution < -0.4 is 11.2 Å². The van der Waals surface area contributed by atoms with Gasteiger partial charge in [0.25, 0.3) is 5.56 Å². The van der Waals surface area contributed by atoms with E-state index < -0.39 is 11.2 Å². The molecule has 2 aromatic rings. The highest BCUT2D eigenvalue weighted by Crippen LogP contribution is 2.23. The lowest BCUT2D eigenvalue weighted by atomic mass is 10.2. The molecule has 0 saturated carbocycles. The van der Waals surface area contributed by atoms with E-state index in [1.807, 2.05) is 24.4 Å². The molecule has 2 aromatic heterocycles. The Hall–Kier alpha value is -2.41. The van der Waals surface area contributed by atoms with Gasteiger partial charge in [-0.05, 0) is 24.4 Å². The van der Waals surface area contributed by atoms with Gasteiger partial charge in [-0.2, -0.15) is 0 Å². The SMILES string of the molecule is C[C@H](c1cccs1)N(C)C(=O)/C=C/c1cn(C)c(=O)n(C)c1=O. The molecule has 0 aromatic carbocycles. The van der Waals surface area contributed by atoms with Crippen LogP contribution in [0.2, 0.25) is 0 Å². The Labute approximate surface area is 137 Å². The first-order valence-electron chi connectivity index (χ1n) is 7.08. The van der Waals surface area contributed by atoms with E-state index in [-0.39, 0.29) is 11.9 Å². The zero-order chi connectivity index (χ0) is 17.1. The number of nitrogens with zero attached hydrogens (tertiary/aromatic N) is 3. The Bertz CT molecular complexity index is 846. The number of thiophene rings is 1. The number of carbonyl (C=O) groups is 1. The molecular formula is C16H19N3O3S. The maximum atomic E-state index is 12.3. The highest BCUT2D eigenvalue weighted by atomic mass is 32.1. The van der Waals surface area contributed by atoms with E-state index >= 15 is 0 Å². The Kier molecular flexibility index (Phi) is 5.00. The van der Waals surface area contributed by atoms with Crippen molar-refractivity contribution in [3.8, 4) is 0 Å². The first kappa shape index (κ1) is 17.0. The molecule has 2 heterocycles. The highest BCUT2D eigenvalue weighted by Gasteiger charge is 2.16. The van der Waals surface area contributed by atoms with Crippen molar-refractivity contribution in [3.05, 3.63) is 61.1 Å². The minimum absolute atomic E-state index is 0.0462. The molecule has 0 spiro atoms. The largest absolute Gasteiger partial charge is 0.335 e. The molecule has 0 aliphatic heterocycles. The molecule has 0 N–H and O–H groups in total. The van der Waals surface area contributed by atoms with Crippen molar-refractivity contribution in [2.45, 2.75) is 13.0 Å². The number of hydrogen-bond donors (Lipinski definition) is 0. The molecule has 0 fully saturated rings. The molecule has 0 unspecified atom stereocenters. The van der Waals surface area contributed by atoms with E-state index in [4.69, 9.17) is 0 Å². The molecule has 6 nitrogen and oxygen atoms in total. The lowest BCUT2D eigenvalue weighted by Gasteiger charge is -2.22. The van der Waals surface area contributed by atoms with Gasteiger partial charge >= 0.3 is 5.69 Å². The number of amides is 1. The van der Waals surface area contributed by atoms with Crippen LogP contribution >= 0.6 is 11.3 Å². The van der Waals surface area contributed by atoms with Gasteiger partial charge in [0.15, 0.2) is 0 Å². The van der Waals surface area contributed by atoms with E-state index in [9.17, 15) is 14.4 Å². The molecule has 2 rings (SSSR count). The summed E-state index contributed by atoms with van der Waals surface area (Å²) in [5, 5.41) is 1.97. The van der Waals surface area contributed by atoms with Crippen molar-refractivity contribution in [2.24, 2.45) is 14.1 Å². The van der Waals surface area contributed by atoms with Gasteiger partial charge in [0.2, 0.25) is 5.91 Å². The third kappa shape index (κ3) is 3.50. The van der Waals surface area contributed by atoms with Crippen molar-refractivity contribution in [3.63, 3.8) is 0 Å². The third-order valence-electron chi connectivity index (χ3n) is 3.76. The van der Waals surface area contributed by atoms with E-state index in [2.05, 4.69) is 0 Å². The van der Waals surface area contributed by atoms with E-state index in [1.54, 1.807) is 30.3 Å². The molecule has 122 valence electrons. The molecule has 7 heteroatoms. The maximum absolute atomic E-state index is 12.3. The van der Waals surface area contributed by atoms with Crippen LogP contribution in [0.25, 0.3) is 6.08 Å². The van der Waals surface area contributed by atoms with Crippen LogP contribution in [0.3, 0.4) is 0 Å². The van der Waals surface area contributed by atoms with Crippen molar-refractivity contribution < 1.29 is 4.79 Å². The van der Waals surface area contributed by atoms with Crippen LogP contribution in [0.5, 0.6) is 0 Å². The summed E-state index contributed by atoms with van der Waals surface area (Å²) in [6.07, 6.45) is 4.23. The van der Waals surface area contributed by atoms with Gasteiger partial charge in [-0.3, -0.25) is 14.2 Å². The fourth-order valence-electron chi connectivity index (χ4n) is 2.14. The van der Waals surface area contributed by atoms with Crippen LogP contribution in [0.4, 0.5) is 0 Å². The fourth-order valence-corrected chi connectivity index (χ4v) is 2.97. The lowest BCUT2D eigenvalue weighted by Crippen LogP contribution is -2.37. The molecule has 0 saturated heterocycles. The number of aromatic nitrogens is 2. The van der Waals surface area contributed by atoms with E-state index in [0.29, 0.717) is 5.56 Å². The summed E-state index contributed by atoms with van der Waals surface area (Å²) >= 11 is 1.59. The van der Waals surface area contributed by atoms with Gasteiger partial charge in [-0.15, -0.1) is 11.3 Å². The molecule has 0 aliphatic rings. The topological polar surface area (TPSA) is 64.3 Å². The van der Waals surface area contributed by atoms with Crippen LogP contribution in [-0.2, 0) is 18.9 Å². The monoisotopic (exact) mass is 333 g/mol. The quantitative estimate of drug-likeness (QED) is 0.794. The van der Waals surface area contributed by atoms with Gasteiger partial charge in [-0.1, -0.05) is 6.07 Å². The summed E-state index contributed by atoms with van der Waals surface area (Å²) in [5.74, 6) is -0.207. The number of carbonyl (C=O) groups excluding carboxylic acids is 1. The van der Waals surface area contributed by atoms with Gasteiger partial charge in [0.05, 0.1) is 11.6 Å². The highest BCUT2D eigenvalue weighted by molar-refractivity contribution is 7.10. The summed E-state index contributed by atoms with van der Waals surface area (Å²) in [6.45, 7) is 1.95. The summed E-state index contributed by atoms with van der Waals surface area (Å²) in [7, 11) is 4.69. The van der Waals surface area contributed by atoms with Crippen molar-refractivity contribution >= 4 is 23.3 Å². The first-order valence-corrected chi connectivity index (χ1v) is 7.96. The standard InChI is InChI=1S/C16H19N3O3S/c1-11(13-6-5-9-23-13)18(3)14(20)8-7-12-10-17(2)16(22)19(4)15(12)21/h5-11H,1-4H3/b8-7+/t11-/m1/s1. The van der Waals surface area contributed by atoms with Crippen LogP contribution in [0.1, 0.15) is 23.4 Å². The zero-order valence-electron chi connectivity index (χ0n) is 13.5. The molecule has 1 atom stereocenters. The number of hydrogen-bond acceptors (Lipinski definition) is 4. The second-order valence-electron chi connectivity index (χ2n) is 5.32. The molecular weight excluding hydrogens is 314 g/mol. The normalized spacial score (nSPS) is 12.5. The Morgan fingerprint density at radius 3 is 2.65 bits per heavy atom. The number of aryl methyl sites for hydroxylation is 1. The predicted octanol–water partition coefficient (Wildman–Crippen LogP) is 1.38. The summed E-state index contributed by atoms with van der Waals surface area (Å²) in [6, 6.07) is 3.87. The Morgan fingerprint density at radius 2 is 2.04 bits per heavy atom. The van der Waals surface area contributed by atoms with Gasteiger partial charge in [0, 0.05) is 38.3 Å². The van der Waals surface area contributed by atoms with Crippen LogP contribution in [-0.4, -0.2) is 27.0 Å². The predicted molar refractivity (Wildman–Crippen MR) is 91.5 cm³/mol. The van der Waals surface area contributed by atoms with Crippen molar-refractivity contribution in [1.82, 2.24) is 14.0 Å². The summed E-state index contributed by atoms with van der Waals surface area (Å²) < 4.78 is 2.33. The molecule has 0 bridgehead atoms. The fraction of sp³-hybridized carbons (Fsp3) is 0.312. The second-order valence-corrected chi connectivity index (χ2v) is 6.30. The van der Waals surface area contributed by atoms with E-state index in [1.165, 1.54) is 30.0 Å². The average Bonchev–Trinajstić information content (AvgIpc) is 3.07. The zero-order valence-corrected chi connectivity index (χ0v) is 14.3. The minimum atomic E-state index is -0.425. The lowest BCUT2D eigenvalue weighted by molar-refractivity contribution is -0.126. The van der Waals surface area contributed by atoms with Gasteiger partial charge in [-0.25, -0.2) is 4.79 Å². The van der Waals surface area contributed by atoms with Crippen molar-refractivity contribution in [2.75, 3.05) is 7.05 Å². The van der Waals surface area contributed by atoms with Crippen LogP contribution in [0.15, 0.2) is 39.4 Å².